The zero-order valence-electron chi connectivity index (χ0n) is 11.4. The third kappa shape index (κ3) is 2.25. The minimum atomic E-state index is -0.731. The quantitative estimate of drug-likeness (QED) is 0.609. The number of benzene rings is 1. The molecule has 2 aliphatic rings. The summed E-state index contributed by atoms with van der Waals surface area (Å²) in [5.74, 6) is -0.120. The standard InChI is InChI=1S/C15H19FN2O2/c16-12-7-3-9-14(15(12)18(19)20)17-10-4-6-11-5-1-2-8-13(11)17/h3,7,9,11,13H,1-2,4-6,8,10H2/t11-,13-/m1/s1. The predicted molar refractivity (Wildman–Crippen MR) is 75.4 cm³/mol. The van der Waals surface area contributed by atoms with Crippen LogP contribution in [0.15, 0.2) is 18.2 Å². The Balaban J connectivity index is 1.99. The fourth-order valence-corrected chi connectivity index (χ4v) is 3.84. The van der Waals surface area contributed by atoms with E-state index < -0.39 is 10.7 Å². The van der Waals surface area contributed by atoms with Gasteiger partial charge in [0.2, 0.25) is 5.82 Å². The molecule has 2 atom stereocenters. The number of halogens is 1. The number of rotatable bonds is 2. The summed E-state index contributed by atoms with van der Waals surface area (Å²) in [5.41, 5.74) is 0.102. The Morgan fingerprint density at radius 2 is 1.95 bits per heavy atom. The van der Waals surface area contributed by atoms with Gasteiger partial charge in [0.1, 0.15) is 5.69 Å². The summed E-state index contributed by atoms with van der Waals surface area (Å²) in [7, 11) is 0. The SMILES string of the molecule is O=[N+]([O-])c1c(F)cccc1N1CCC[C@H]2CCCC[C@H]21. The van der Waals surface area contributed by atoms with Crippen LogP contribution in [0.3, 0.4) is 0 Å². The largest absolute Gasteiger partial charge is 0.363 e. The molecule has 0 spiro atoms. The first-order valence-electron chi connectivity index (χ1n) is 7.38. The molecule has 20 heavy (non-hydrogen) atoms. The molecule has 0 unspecified atom stereocenters. The Morgan fingerprint density at radius 3 is 2.75 bits per heavy atom. The van der Waals surface area contributed by atoms with Crippen LogP contribution in [0, 0.1) is 21.8 Å². The number of hydrogen-bond acceptors (Lipinski definition) is 3. The predicted octanol–water partition coefficient (Wildman–Crippen LogP) is 3.89. The molecule has 4 nitrogen and oxygen atoms in total. The summed E-state index contributed by atoms with van der Waals surface area (Å²) < 4.78 is 13.8. The number of anilines is 1. The topological polar surface area (TPSA) is 46.4 Å². The maximum absolute atomic E-state index is 13.8. The first-order chi connectivity index (χ1) is 9.68. The molecule has 1 aromatic rings. The van der Waals surface area contributed by atoms with E-state index in [2.05, 4.69) is 4.90 Å². The van der Waals surface area contributed by atoms with Gasteiger partial charge in [0, 0.05) is 12.6 Å². The van der Waals surface area contributed by atoms with E-state index in [0.717, 1.165) is 19.4 Å². The van der Waals surface area contributed by atoms with Gasteiger partial charge in [0.25, 0.3) is 0 Å². The number of nitro benzene ring substituents is 1. The van der Waals surface area contributed by atoms with Crippen molar-refractivity contribution >= 4 is 11.4 Å². The number of piperidine rings is 1. The van der Waals surface area contributed by atoms with Crippen molar-refractivity contribution in [3.8, 4) is 0 Å². The molecule has 3 rings (SSSR count). The van der Waals surface area contributed by atoms with E-state index in [1.807, 2.05) is 0 Å². The Morgan fingerprint density at radius 1 is 1.20 bits per heavy atom. The van der Waals surface area contributed by atoms with E-state index in [0.29, 0.717) is 17.6 Å². The van der Waals surface area contributed by atoms with Crippen molar-refractivity contribution < 1.29 is 9.31 Å². The molecule has 0 amide bonds. The Hall–Kier alpha value is -1.65. The van der Waals surface area contributed by atoms with Crippen molar-refractivity contribution in [1.82, 2.24) is 0 Å². The molecular formula is C15H19FN2O2. The molecular weight excluding hydrogens is 259 g/mol. The number of hydrogen-bond donors (Lipinski definition) is 0. The van der Waals surface area contributed by atoms with Gasteiger partial charge in [-0.25, -0.2) is 0 Å². The summed E-state index contributed by atoms with van der Waals surface area (Å²) in [6.45, 7) is 0.797. The van der Waals surface area contributed by atoms with Crippen molar-refractivity contribution in [2.24, 2.45) is 5.92 Å². The zero-order valence-corrected chi connectivity index (χ0v) is 11.4. The minimum absolute atomic E-state index is 0.345. The highest BCUT2D eigenvalue weighted by Crippen LogP contribution is 2.41. The van der Waals surface area contributed by atoms with E-state index in [9.17, 15) is 14.5 Å². The first-order valence-corrected chi connectivity index (χ1v) is 7.38. The smallest absolute Gasteiger partial charge is 0.327 e. The second kappa shape index (κ2) is 5.38. The Kier molecular flexibility index (Phi) is 3.59. The van der Waals surface area contributed by atoms with Gasteiger partial charge in [-0.3, -0.25) is 10.1 Å². The lowest BCUT2D eigenvalue weighted by atomic mass is 9.78. The Labute approximate surface area is 117 Å². The van der Waals surface area contributed by atoms with Crippen LogP contribution < -0.4 is 4.90 Å². The first kappa shape index (κ1) is 13.3. The summed E-state index contributed by atoms with van der Waals surface area (Å²) >= 11 is 0. The average molecular weight is 278 g/mol. The highest BCUT2D eigenvalue weighted by atomic mass is 19.1. The van der Waals surface area contributed by atoms with E-state index in [-0.39, 0.29) is 5.69 Å². The van der Waals surface area contributed by atoms with Crippen molar-refractivity contribution in [3.05, 3.63) is 34.1 Å². The lowest BCUT2D eigenvalue weighted by Gasteiger charge is -2.45. The van der Waals surface area contributed by atoms with Gasteiger partial charge < -0.3 is 4.90 Å². The minimum Gasteiger partial charge on any atom is -0.363 e. The number of nitro groups is 1. The van der Waals surface area contributed by atoms with Crippen LogP contribution in [-0.4, -0.2) is 17.5 Å². The summed E-state index contributed by atoms with van der Waals surface area (Å²) in [6, 6.07) is 4.78. The molecule has 0 bridgehead atoms. The molecule has 0 aromatic heterocycles. The van der Waals surface area contributed by atoms with Crippen molar-refractivity contribution in [2.45, 2.75) is 44.6 Å². The number of nitrogens with zero attached hydrogens (tertiary/aromatic N) is 2. The van der Waals surface area contributed by atoms with Crippen LogP contribution in [0.1, 0.15) is 38.5 Å². The molecule has 1 saturated heterocycles. The normalized spacial score (nSPS) is 26.1. The molecule has 2 fully saturated rings. The summed E-state index contributed by atoms with van der Waals surface area (Å²) in [4.78, 5) is 12.7. The highest BCUT2D eigenvalue weighted by molar-refractivity contribution is 5.64. The maximum Gasteiger partial charge on any atom is 0.327 e. The average Bonchev–Trinajstić information content (AvgIpc) is 2.46. The summed E-state index contributed by atoms with van der Waals surface area (Å²) in [6.07, 6.45) is 6.92. The zero-order chi connectivity index (χ0) is 14.1. The van der Waals surface area contributed by atoms with Gasteiger partial charge in [-0.1, -0.05) is 18.9 Å². The monoisotopic (exact) mass is 278 g/mol. The molecule has 1 saturated carbocycles. The van der Waals surface area contributed by atoms with E-state index in [4.69, 9.17) is 0 Å². The van der Waals surface area contributed by atoms with Crippen molar-refractivity contribution in [3.63, 3.8) is 0 Å². The van der Waals surface area contributed by atoms with Crippen LogP contribution in [-0.2, 0) is 0 Å². The van der Waals surface area contributed by atoms with Crippen molar-refractivity contribution in [1.29, 1.82) is 0 Å². The van der Waals surface area contributed by atoms with Crippen LogP contribution in [0.4, 0.5) is 15.8 Å². The molecule has 108 valence electrons. The maximum atomic E-state index is 13.8. The third-order valence-electron chi connectivity index (χ3n) is 4.70. The second-order valence-corrected chi connectivity index (χ2v) is 5.81. The fraction of sp³-hybridized carbons (Fsp3) is 0.600. The van der Waals surface area contributed by atoms with Crippen molar-refractivity contribution in [2.75, 3.05) is 11.4 Å². The molecule has 1 aromatic carbocycles. The van der Waals surface area contributed by atoms with E-state index >= 15 is 0 Å². The van der Waals surface area contributed by atoms with Crippen LogP contribution in [0.5, 0.6) is 0 Å². The van der Waals surface area contributed by atoms with Gasteiger partial charge >= 0.3 is 5.69 Å². The van der Waals surface area contributed by atoms with Crippen LogP contribution >= 0.6 is 0 Å². The molecule has 1 heterocycles. The van der Waals surface area contributed by atoms with E-state index in [1.54, 1.807) is 12.1 Å². The molecule has 1 aliphatic carbocycles. The van der Waals surface area contributed by atoms with Crippen LogP contribution in [0.2, 0.25) is 0 Å². The number of para-hydroxylation sites is 1. The molecule has 5 heteroatoms. The van der Waals surface area contributed by atoms with Crippen LogP contribution in [0.25, 0.3) is 0 Å². The lowest BCUT2D eigenvalue weighted by Crippen LogP contribution is -2.47. The van der Waals surface area contributed by atoms with Gasteiger partial charge in [-0.15, -0.1) is 0 Å². The van der Waals surface area contributed by atoms with Gasteiger partial charge in [0.05, 0.1) is 4.92 Å². The molecule has 0 radical (unpaired) electrons. The summed E-state index contributed by atoms with van der Waals surface area (Å²) in [5, 5.41) is 11.2. The highest BCUT2D eigenvalue weighted by Gasteiger charge is 2.36. The second-order valence-electron chi connectivity index (χ2n) is 5.81. The molecule has 1 aliphatic heterocycles. The number of fused-ring (bicyclic) bond motifs is 1. The van der Waals surface area contributed by atoms with Gasteiger partial charge in [-0.2, -0.15) is 4.39 Å². The fourth-order valence-electron chi connectivity index (χ4n) is 3.84. The van der Waals surface area contributed by atoms with Gasteiger partial charge in [0.15, 0.2) is 0 Å². The van der Waals surface area contributed by atoms with Gasteiger partial charge in [-0.05, 0) is 43.7 Å². The van der Waals surface area contributed by atoms with E-state index in [1.165, 1.54) is 31.7 Å². The third-order valence-corrected chi connectivity index (χ3v) is 4.70. The molecule has 0 N–H and O–H groups in total. The lowest BCUT2D eigenvalue weighted by molar-refractivity contribution is -0.386. The Bertz CT molecular complexity index is 519.